The molecular weight excluding hydrogens is 294 g/mol. The average molecular weight is 307 g/mol. The maximum Gasteiger partial charge on any atom is 0.268 e. The van der Waals surface area contributed by atoms with Crippen LogP contribution in [0, 0.1) is 0 Å². The fourth-order valence-electron chi connectivity index (χ4n) is 2.13. The highest BCUT2D eigenvalue weighted by Crippen LogP contribution is 2.37. The number of thioether (sulfide) groups is 1. The van der Waals surface area contributed by atoms with Gasteiger partial charge in [-0.2, -0.15) is 0 Å². The Morgan fingerprint density at radius 1 is 1.20 bits per heavy atom. The van der Waals surface area contributed by atoms with E-state index in [1.165, 1.54) is 16.6 Å². The maximum absolute atomic E-state index is 12.8. The second-order valence-electron chi connectivity index (χ2n) is 4.28. The number of rotatable bonds is 2. The van der Waals surface area contributed by atoms with Gasteiger partial charge in [-0.25, -0.2) is 13.4 Å². The van der Waals surface area contributed by atoms with E-state index in [1.54, 1.807) is 17.8 Å². The summed E-state index contributed by atoms with van der Waals surface area (Å²) in [5, 5.41) is 0. The fraction of sp³-hybridized carbons (Fsp3) is 0.154. The summed E-state index contributed by atoms with van der Waals surface area (Å²) < 4.78 is 26.9. The van der Waals surface area contributed by atoms with Gasteiger partial charge in [-0.05, 0) is 24.3 Å². The minimum Gasteiger partial charge on any atom is -0.383 e. The smallest absolute Gasteiger partial charge is 0.268 e. The van der Waals surface area contributed by atoms with E-state index in [1.807, 2.05) is 24.3 Å². The molecule has 104 valence electrons. The zero-order valence-electron chi connectivity index (χ0n) is 10.6. The minimum atomic E-state index is -3.67. The molecule has 0 saturated carbocycles. The lowest BCUT2D eigenvalue weighted by molar-refractivity contribution is 0.591. The number of hydrogen-bond acceptors (Lipinski definition) is 5. The van der Waals surface area contributed by atoms with Crippen molar-refractivity contribution in [2.24, 2.45) is 0 Å². The first-order chi connectivity index (χ1) is 9.60. The monoisotopic (exact) mass is 307 g/mol. The summed E-state index contributed by atoms with van der Waals surface area (Å²) in [4.78, 5) is 4.88. The van der Waals surface area contributed by atoms with Gasteiger partial charge in [0.1, 0.15) is 10.7 Å². The molecule has 1 aromatic heterocycles. The third-order valence-corrected chi connectivity index (χ3v) is 5.96. The van der Waals surface area contributed by atoms with Crippen LogP contribution in [-0.4, -0.2) is 25.7 Å². The molecule has 0 bridgehead atoms. The molecule has 0 radical (unpaired) electrons. The van der Waals surface area contributed by atoms with Gasteiger partial charge in [0.25, 0.3) is 10.0 Å². The van der Waals surface area contributed by atoms with Crippen LogP contribution < -0.4 is 10.0 Å². The Hall–Kier alpha value is -1.73. The van der Waals surface area contributed by atoms with Gasteiger partial charge < -0.3 is 5.73 Å². The Kier molecular flexibility index (Phi) is 3.31. The van der Waals surface area contributed by atoms with Gasteiger partial charge in [0.05, 0.1) is 5.69 Å². The molecule has 0 atom stereocenters. The average Bonchev–Trinajstić information content (AvgIpc) is 2.47. The van der Waals surface area contributed by atoms with Crippen molar-refractivity contribution in [2.75, 3.05) is 22.3 Å². The largest absolute Gasteiger partial charge is 0.383 e. The number of nitrogen functional groups attached to an aromatic ring is 1. The van der Waals surface area contributed by atoms with Crippen LogP contribution in [0.1, 0.15) is 0 Å². The molecule has 0 fully saturated rings. The number of benzene rings is 1. The first-order valence-corrected chi connectivity index (χ1v) is 8.48. The summed E-state index contributed by atoms with van der Waals surface area (Å²) in [6.07, 6.45) is 1.48. The number of aromatic nitrogens is 1. The van der Waals surface area contributed by atoms with Crippen molar-refractivity contribution in [3.63, 3.8) is 0 Å². The quantitative estimate of drug-likeness (QED) is 0.918. The van der Waals surface area contributed by atoms with Crippen molar-refractivity contribution in [1.82, 2.24) is 4.98 Å². The number of sulfonamides is 1. The van der Waals surface area contributed by atoms with Crippen LogP contribution in [0.2, 0.25) is 0 Å². The van der Waals surface area contributed by atoms with Crippen molar-refractivity contribution >= 4 is 33.3 Å². The predicted octanol–water partition coefficient (Wildman–Crippen LogP) is 1.96. The Bertz CT molecular complexity index is 747. The van der Waals surface area contributed by atoms with Crippen LogP contribution >= 0.6 is 11.8 Å². The van der Waals surface area contributed by atoms with Crippen LogP contribution in [0.5, 0.6) is 0 Å². The second-order valence-corrected chi connectivity index (χ2v) is 7.25. The normalized spacial score (nSPS) is 14.9. The van der Waals surface area contributed by atoms with Crippen molar-refractivity contribution in [3.8, 4) is 0 Å². The second kappa shape index (κ2) is 4.99. The lowest BCUT2D eigenvalue weighted by atomic mass is 10.3. The molecule has 0 unspecified atom stereocenters. The van der Waals surface area contributed by atoms with E-state index in [4.69, 9.17) is 5.73 Å². The standard InChI is InChI=1S/C13H13N3O2S2/c14-13-12(6-3-7-15-13)20(17,18)16-8-9-19-11-5-2-1-4-10(11)16/h1-7H,8-9H2,(H2,14,15). The van der Waals surface area contributed by atoms with E-state index < -0.39 is 10.0 Å². The van der Waals surface area contributed by atoms with Gasteiger partial charge in [0.2, 0.25) is 0 Å². The molecular formula is C13H13N3O2S2. The number of anilines is 2. The third kappa shape index (κ3) is 2.12. The highest BCUT2D eigenvalue weighted by Gasteiger charge is 2.30. The van der Waals surface area contributed by atoms with Gasteiger partial charge in [0.15, 0.2) is 0 Å². The van der Waals surface area contributed by atoms with Gasteiger partial charge >= 0.3 is 0 Å². The zero-order valence-corrected chi connectivity index (χ0v) is 12.2. The Balaban J connectivity index is 2.13. The predicted molar refractivity (Wildman–Crippen MR) is 80.3 cm³/mol. The SMILES string of the molecule is Nc1ncccc1S(=O)(=O)N1CCSc2ccccc21. The van der Waals surface area contributed by atoms with Gasteiger partial charge in [-0.15, -0.1) is 11.8 Å². The van der Waals surface area contributed by atoms with Crippen molar-refractivity contribution in [3.05, 3.63) is 42.6 Å². The summed E-state index contributed by atoms with van der Waals surface area (Å²) in [7, 11) is -3.67. The van der Waals surface area contributed by atoms with Crippen LogP contribution in [0.4, 0.5) is 11.5 Å². The number of nitrogens with two attached hydrogens (primary N) is 1. The first kappa shape index (κ1) is 13.3. The zero-order chi connectivity index (χ0) is 14.2. The molecule has 20 heavy (non-hydrogen) atoms. The molecule has 5 nitrogen and oxygen atoms in total. The molecule has 1 aromatic carbocycles. The number of para-hydroxylation sites is 1. The number of fused-ring (bicyclic) bond motifs is 1. The highest BCUT2D eigenvalue weighted by atomic mass is 32.2. The number of nitrogens with zero attached hydrogens (tertiary/aromatic N) is 2. The topological polar surface area (TPSA) is 76.3 Å². The summed E-state index contributed by atoms with van der Waals surface area (Å²) in [5.74, 6) is 0.749. The number of pyridine rings is 1. The van der Waals surface area contributed by atoms with E-state index in [2.05, 4.69) is 4.98 Å². The van der Waals surface area contributed by atoms with E-state index in [0.29, 0.717) is 12.2 Å². The van der Waals surface area contributed by atoms with Crippen molar-refractivity contribution in [1.29, 1.82) is 0 Å². The maximum atomic E-state index is 12.8. The molecule has 2 heterocycles. The van der Waals surface area contributed by atoms with Crippen molar-refractivity contribution < 1.29 is 8.42 Å². The molecule has 1 aliphatic heterocycles. The van der Waals surface area contributed by atoms with Gasteiger partial charge in [0, 0.05) is 23.4 Å². The Labute approximate surface area is 121 Å². The molecule has 7 heteroatoms. The lowest BCUT2D eigenvalue weighted by Crippen LogP contribution is -2.35. The van der Waals surface area contributed by atoms with E-state index in [-0.39, 0.29) is 10.7 Å². The molecule has 2 aromatic rings. The molecule has 0 aliphatic carbocycles. The summed E-state index contributed by atoms with van der Waals surface area (Å²) in [6.45, 7) is 0.429. The van der Waals surface area contributed by atoms with Gasteiger partial charge in [-0.3, -0.25) is 4.31 Å². The van der Waals surface area contributed by atoms with Crippen LogP contribution in [0.3, 0.4) is 0 Å². The molecule has 2 N–H and O–H groups in total. The molecule has 0 amide bonds. The highest BCUT2D eigenvalue weighted by molar-refractivity contribution is 8.00. The Morgan fingerprint density at radius 2 is 2.00 bits per heavy atom. The Morgan fingerprint density at radius 3 is 2.80 bits per heavy atom. The molecule has 1 aliphatic rings. The van der Waals surface area contributed by atoms with E-state index >= 15 is 0 Å². The summed E-state index contributed by atoms with van der Waals surface area (Å²) >= 11 is 1.65. The van der Waals surface area contributed by atoms with Crippen LogP contribution in [0.25, 0.3) is 0 Å². The third-order valence-electron chi connectivity index (χ3n) is 3.05. The first-order valence-electron chi connectivity index (χ1n) is 6.06. The molecule has 0 saturated heterocycles. The minimum absolute atomic E-state index is 0.0307. The van der Waals surface area contributed by atoms with E-state index in [0.717, 1.165) is 10.6 Å². The van der Waals surface area contributed by atoms with Crippen LogP contribution in [0.15, 0.2) is 52.4 Å². The summed E-state index contributed by atoms with van der Waals surface area (Å²) in [5.41, 5.74) is 6.41. The molecule has 0 spiro atoms. The van der Waals surface area contributed by atoms with Gasteiger partial charge in [-0.1, -0.05) is 12.1 Å². The lowest BCUT2D eigenvalue weighted by Gasteiger charge is -2.30. The van der Waals surface area contributed by atoms with Crippen molar-refractivity contribution in [2.45, 2.75) is 9.79 Å². The molecule has 3 rings (SSSR count). The van der Waals surface area contributed by atoms with E-state index in [9.17, 15) is 8.42 Å². The summed E-state index contributed by atoms with van der Waals surface area (Å²) in [6, 6.07) is 10.5. The van der Waals surface area contributed by atoms with Crippen LogP contribution in [-0.2, 0) is 10.0 Å². The number of hydrogen-bond donors (Lipinski definition) is 1. The fourth-order valence-corrected chi connectivity index (χ4v) is 4.86.